The Labute approximate surface area is 116 Å². The lowest BCUT2D eigenvalue weighted by Crippen LogP contribution is -2.06. The number of aromatic nitrogens is 1. The maximum atomic E-state index is 11.8. The molecule has 0 aliphatic carbocycles. The molecule has 0 aliphatic rings. The Morgan fingerprint density at radius 3 is 2.30 bits per heavy atom. The lowest BCUT2D eigenvalue weighted by Gasteiger charge is -2.15. The second kappa shape index (κ2) is 5.64. The SMILES string of the molecule is COC(=O)c1nccc2cc(OC)c(OC)c(OC)c12. The smallest absolute Gasteiger partial charge is 0.357 e. The summed E-state index contributed by atoms with van der Waals surface area (Å²) in [7, 11) is 5.83. The van der Waals surface area contributed by atoms with E-state index in [0.717, 1.165) is 5.39 Å². The van der Waals surface area contributed by atoms with E-state index in [9.17, 15) is 4.79 Å². The minimum absolute atomic E-state index is 0.169. The lowest BCUT2D eigenvalue weighted by atomic mass is 10.1. The van der Waals surface area contributed by atoms with E-state index >= 15 is 0 Å². The minimum atomic E-state index is -0.541. The number of esters is 1. The summed E-state index contributed by atoms with van der Waals surface area (Å²) in [5, 5.41) is 1.27. The predicted octanol–water partition coefficient (Wildman–Crippen LogP) is 2.05. The summed E-state index contributed by atoms with van der Waals surface area (Å²) in [6, 6.07) is 3.51. The van der Waals surface area contributed by atoms with Crippen molar-refractivity contribution in [1.29, 1.82) is 0 Å². The van der Waals surface area contributed by atoms with Crippen molar-refractivity contribution in [3.63, 3.8) is 0 Å². The molecular formula is C14H15NO5. The van der Waals surface area contributed by atoms with Crippen LogP contribution >= 0.6 is 0 Å². The van der Waals surface area contributed by atoms with E-state index in [4.69, 9.17) is 18.9 Å². The van der Waals surface area contributed by atoms with E-state index in [1.54, 1.807) is 12.1 Å². The van der Waals surface area contributed by atoms with Crippen LogP contribution in [0.1, 0.15) is 10.5 Å². The Hall–Kier alpha value is -2.50. The van der Waals surface area contributed by atoms with Crippen LogP contribution in [0.15, 0.2) is 18.3 Å². The monoisotopic (exact) mass is 277 g/mol. The van der Waals surface area contributed by atoms with Gasteiger partial charge < -0.3 is 18.9 Å². The fraction of sp³-hybridized carbons (Fsp3) is 0.286. The number of pyridine rings is 1. The third-order valence-corrected chi connectivity index (χ3v) is 2.93. The first-order chi connectivity index (χ1) is 9.67. The molecule has 6 nitrogen and oxygen atoms in total. The number of hydrogen-bond acceptors (Lipinski definition) is 6. The number of hydrogen-bond donors (Lipinski definition) is 0. The van der Waals surface area contributed by atoms with Gasteiger partial charge in [-0.3, -0.25) is 0 Å². The number of rotatable bonds is 4. The van der Waals surface area contributed by atoms with Gasteiger partial charge in [-0.05, 0) is 17.5 Å². The van der Waals surface area contributed by atoms with Crippen molar-refractivity contribution in [2.45, 2.75) is 0 Å². The quantitative estimate of drug-likeness (QED) is 0.797. The van der Waals surface area contributed by atoms with Gasteiger partial charge >= 0.3 is 5.97 Å². The third kappa shape index (κ3) is 2.09. The lowest BCUT2D eigenvalue weighted by molar-refractivity contribution is 0.0596. The van der Waals surface area contributed by atoms with Gasteiger partial charge in [-0.25, -0.2) is 9.78 Å². The molecule has 6 heteroatoms. The van der Waals surface area contributed by atoms with Crippen molar-refractivity contribution in [1.82, 2.24) is 4.98 Å². The van der Waals surface area contributed by atoms with E-state index < -0.39 is 5.97 Å². The number of carbonyl (C=O) groups is 1. The van der Waals surface area contributed by atoms with Crippen LogP contribution < -0.4 is 14.2 Å². The molecular weight excluding hydrogens is 262 g/mol. The highest BCUT2D eigenvalue weighted by Gasteiger charge is 2.22. The highest BCUT2D eigenvalue weighted by atomic mass is 16.5. The summed E-state index contributed by atoms with van der Waals surface area (Å²) in [5.41, 5.74) is 0.169. The second-order valence-electron chi connectivity index (χ2n) is 3.89. The van der Waals surface area contributed by atoms with Crippen LogP contribution in [0.2, 0.25) is 0 Å². The van der Waals surface area contributed by atoms with Gasteiger partial charge in [0.05, 0.1) is 33.8 Å². The van der Waals surface area contributed by atoms with Crippen LogP contribution in [0.3, 0.4) is 0 Å². The van der Waals surface area contributed by atoms with E-state index in [1.165, 1.54) is 34.6 Å². The summed E-state index contributed by atoms with van der Waals surface area (Å²) in [6.45, 7) is 0. The van der Waals surface area contributed by atoms with Gasteiger partial charge in [0.15, 0.2) is 17.2 Å². The second-order valence-corrected chi connectivity index (χ2v) is 3.89. The molecule has 0 spiro atoms. The molecule has 2 aromatic rings. The average Bonchev–Trinajstić information content (AvgIpc) is 2.51. The number of nitrogens with zero attached hydrogens (tertiary/aromatic N) is 1. The number of fused-ring (bicyclic) bond motifs is 1. The molecule has 0 radical (unpaired) electrons. The van der Waals surface area contributed by atoms with Crippen molar-refractivity contribution in [3.05, 3.63) is 24.0 Å². The molecule has 0 amide bonds. The van der Waals surface area contributed by atoms with Crippen molar-refractivity contribution in [3.8, 4) is 17.2 Å². The predicted molar refractivity (Wildman–Crippen MR) is 72.7 cm³/mol. The number of methoxy groups -OCH3 is 4. The van der Waals surface area contributed by atoms with Gasteiger partial charge in [-0.1, -0.05) is 0 Å². The highest BCUT2D eigenvalue weighted by molar-refractivity contribution is 6.07. The van der Waals surface area contributed by atoms with Crippen molar-refractivity contribution >= 4 is 16.7 Å². The topological polar surface area (TPSA) is 66.9 Å². The zero-order valence-electron chi connectivity index (χ0n) is 11.7. The van der Waals surface area contributed by atoms with Crippen molar-refractivity contribution in [2.24, 2.45) is 0 Å². The Bertz CT molecular complexity index is 654. The molecule has 20 heavy (non-hydrogen) atoms. The molecule has 0 atom stereocenters. The first kappa shape index (κ1) is 13.9. The standard InChI is InChI=1S/C14H15NO5/c1-17-9-7-8-5-6-15-11(14(16)20-4)10(8)13(19-3)12(9)18-2/h5-7H,1-4H3. The van der Waals surface area contributed by atoms with Gasteiger partial charge in [-0.15, -0.1) is 0 Å². The highest BCUT2D eigenvalue weighted by Crippen LogP contribution is 2.44. The summed E-state index contributed by atoms with van der Waals surface area (Å²) in [5.74, 6) is 0.760. The number of carbonyl (C=O) groups excluding carboxylic acids is 1. The van der Waals surface area contributed by atoms with Gasteiger partial charge in [0, 0.05) is 6.20 Å². The molecule has 1 heterocycles. The van der Waals surface area contributed by atoms with Gasteiger partial charge in [0.1, 0.15) is 0 Å². The maximum absolute atomic E-state index is 11.8. The van der Waals surface area contributed by atoms with Crippen LogP contribution in [0.25, 0.3) is 10.8 Å². The molecule has 2 rings (SSSR count). The van der Waals surface area contributed by atoms with Crippen LogP contribution in [0.5, 0.6) is 17.2 Å². The Morgan fingerprint density at radius 1 is 1.05 bits per heavy atom. The summed E-state index contributed by atoms with van der Waals surface area (Å²) < 4.78 is 20.7. The Morgan fingerprint density at radius 2 is 1.75 bits per heavy atom. The van der Waals surface area contributed by atoms with Crippen LogP contribution in [-0.2, 0) is 4.74 Å². The normalized spacial score (nSPS) is 10.2. The van der Waals surface area contributed by atoms with Crippen LogP contribution in [0, 0.1) is 0 Å². The first-order valence-electron chi connectivity index (χ1n) is 5.83. The molecule has 0 aliphatic heterocycles. The molecule has 1 aromatic carbocycles. The Balaban J connectivity index is 2.90. The third-order valence-electron chi connectivity index (χ3n) is 2.93. The molecule has 0 saturated carbocycles. The molecule has 0 fully saturated rings. The summed E-state index contributed by atoms with van der Waals surface area (Å²) >= 11 is 0. The molecule has 0 N–H and O–H groups in total. The molecule has 1 aromatic heterocycles. The number of benzene rings is 1. The van der Waals surface area contributed by atoms with Gasteiger partial charge in [-0.2, -0.15) is 0 Å². The van der Waals surface area contributed by atoms with Crippen molar-refractivity contribution < 1.29 is 23.7 Å². The molecule has 0 unspecified atom stereocenters. The van der Waals surface area contributed by atoms with E-state index in [0.29, 0.717) is 22.6 Å². The summed E-state index contributed by atoms with van der Waals surface area (Å²) in [6.07, 6.45) is 1.53. The van der Waals surface area contributed by atoms with Crippen LogP contribution in [-0.4, -0.2) is 39.4 Å². The zero-order valence-corrected chi connectivity index (χ0v) is 11.7. The Kier molecular flexibility index (Phi) is 3.93. The van der Waals surface area contributed by atoms with Crippen molar-refractivity contribution in [2.75, 3.05) is 28.4 Å². The fourth-order valence-corrected chi connectivity index (χ4v) is 2.06. The largest absolute Gasteiger partial charge is 0.493 e. The van der Waals surface area contributed by atoms with E-state index in [-0.39, 0.29) is 5.69 Å². The first-order valence-corrected chi connectivity index (χ1v) is 5.83. The fourth-order valence-electron chi connectivity index (χ4n) is 2.06. The van der Waals surface area contributed by atoms with Gasteiger partial charge in [0.25, 0.3) is 0 Å². The van der Waals surface area contributed by atoms with Gasteiger partial charge in [0.2, 0.25) is 5.75 Å². The van der Waals surface area contributed by atoms with Crippen LogP contribution in [0.4, 0.5) is 0 Å². The zero-order chi connectivity index (χ0) is 14.7. The minimum Gasteiger partial charge on any atom is -0.493 e. The molecule has 0 bridgehead atoms. The average molecular weight is 277 g/mol. The molecule has 106 valence electrons. The maximum Gasteiger partial charge on any atom is 0.357 e. The molecule has 0 saturated heterocycles. The van der Waals surface area contributed by atoms with E-state index in [1.807, 2.05) is 0 Å². The number of ether oxygens (including phenoxy) is 4. The summed E-state index contributed by atoms with van der Waals surface area (Å²) in [4.78, 5) is 15.9. The van der Waals surface area contributed by atoms with E-state index in [2.05, 4.69) is 4.98 Å².